The average molecular weight is 425 g/mol. The molecule has 0 bridgehead atoms. The van der Waals surface area contributed by atoms with E-state index < -0.39 is 12.1 Å². The molecule has 1 heterocycles. The number of carbonyl (C=O) groups is 2. The summed E-state index contributed by atoms with van der Waals surface area (Å²) in [5.74, 6) is 1.14. The van der Waals surface area contributed by atoms with Crippen molar-refractivity contribution in [1.82, 2.24) is 5.32 Å². The van der Waals surface area contributed by atoms with Gasteiger partial charge in [-0.05, 0) is 42.3 Å². The van der Waals surface area contributed by atoms with Gasteiger partial charge in [0.05, 0.1) is 33.1 Å². The molecule has 2 N–H and O–H groups in total. The number of carbonyl (C=O) groups excluding carboxylic acids is 2. The fraction of sp³-hybridized carbons (Fsp3) is 0.348. The fourth-order valence-electron chi connectivity index (χ4n) is 3.47. The molecule has 0 aromatic heterocycles. The number of amides is 2. The van der Waals surface area contributed by atoms with Crippen molar-refractivity contribution in [2.75, 3.05) is 26.6 Å². The molecule has 0 spiro atoms. The van der Waals surface area contributed by atoms with Crippen molar-refractivity contribution in [2.24, 2.45) is 4.99 Å². The molecule has 0 saturated carbocycles. The molecule has 2 amide bonds. The molecule has 1 aliphatic rings. The van der Waals surface area contributed by atoms with Crippen molar-refractivity contribution in [2.45, 2.75) is 31.8 Å². The summed E-state index contributed by atoms with van der Waals surface area (Å²) in [6, 6.07) is 12.2. The number of hydrogen-bond acceptors (Lipinski definition) is 6. The third-order valence-corrected chi connectivity index (χ3v) is 5.15. The summed E-state index contributed by atoms with van der Waals surface area (Å²) >= 11 is 0. The molecule has 2 aromatic carbocycles. The average Bonchev–Trinajstić information content (AvgIpc) is 2.80. The first-order chi connectivity index (χ1) is 15.0. The summed E-state index contributed by atoms with van der Waals surface area (Å²) in [5.41, 5.74) is 3.24. The second-order valence-corrected chi connectivity index (χ2v) is 7.09. The van der Waals surface area contributed by atoms with Gasteiger partial charge in [-0.25, -0.2) is 4.79 Å². The van der Waals surface area contributed by atoms with E-state index in [4.69, 9.17) is 14.5 Å². The smallest absolute Gasteiger partial charge is 0.411 e. The van der Waals surface area contributed by atoms with Gasteiger partial charge < -0.3 is 19.5 Å². The zero-order valence-corrected chi connectivity index (χ0v) is 18.1. The van der Waals surface area contributed by atoms with Gasteiger partial charge in [-0.3, -0.25) is 15.1 Å². The minimum Gasteiger partial charge on any atom is -0.493 e. The summed E-state index contributed by atoms with van der Waals surface area (Å²) in [7, 11) is 4.49. The standard InChI is InChI=1S/C23H27N3O5/c1-5-17-21(15-8-11-19(29-2)20(13-15)30-3)25-18(22(27)26-17)12-14-6-9-16(10-7-14)24-23(28)31-4/h6-11,13,17-18H,5,12H2,1-4H3,(H,24,28)(H,26,27). The quantitative estimate of drug-likeness (QED) is 0.710. The molecule has 0 aliphatic carbocycles. The van der Waals surface area contributed by atoms with Crippen LogP contribution in [0.5, 0.6) is 11.5 Å². The minimum absolute atomic E-state index is 0.104. The highest BCUT2D eigenvalue weighted by Gasteiger charge is 2.30. The maximum atomic E-state index is 12.7. The number of anilines is 1. The Kier molecular flexibility index (Phi) is 7.12. The van der Waals surface area contributed by atoms with Crippen molar-refractivity contribution in [3.8, 4) is 11.5 Å². The zero-order chi connectivity index (χ0) is 22.4. The highest BCUT2D eigenvalue weighted by molar-refractivity contribution is 6.09. The zero-order valence-electron chi connectivity index (χ0n) is 18.1. The molecule has 2 atom stereocenters. The van der Waals surface area contributed by atoms with Gasteiger partial charge in [0, 0.05) is 17.7 Å². The summed E-state index contributed by atoms with van der Waals surface area (Å²) in [6.45, 7) is 2.01. The first kappa shape index (κ1) is 22.1. The molecule has 3 rings (SSSR count). The van der Waals surface area contributed by atoms with Crippen LogP contribution < -0.4 is 20.1 Å². The summed E-state index contributed by atoms with van der Waals surface area (Å²) in [5, 5.41) is 5.68. The van der Waals surface area contributed by atoms with Gasteiger partial charge in [-0.15, -0.1) is 0 Å². The predicted octanol–water partition coefficient (Wildman–Crippen LogP) is 3.19. The monoisotopic (exact) mass is 425 g/mol. The molecular formula is C23H27N3O5. The number of nitrogens with zero attached hydrogens (tertiary/aromatic N) is 1. The first-order valence-electron chi connectivity index (χ1n) is 10.0. The van der Waals surface area contributed by atoms with E-state index in [9.17, 15) is 9.59 Å². The van der Waals surface area contributed by atoms with E-state index in [-0.39, 0.29) is 11.9 Å². The number of aliphatic imine (C=N–C) groups is 1. The van der Waals surface area contributed by atoms with Gasteiger partial charge >= 0.3 is 6.09 Å². The van der Waals surface area contributed by atoms with E-state index in [0.717, 1.165) is 23.3 Å². The maximum absolute atomic E-state index is 12.7. The van der Waals surface area contributed by atoms with Crippen LogP contribution in [0.25, 0.3) is 0 Å². The Morgan fingerprint density at radius 2 is 1.77 bits per heavy atom. The topological polar surface area (TPSA) is 98.3 Å². The summed E-state index contributed by atoms with van der Waals surface area (Å²) in [6.07, 6.45) is 0.631. The van der Waals surface area contributed by atoms with Crippen molar-refractivity contribution >= 4 is 23.4 Å². The molecule has 31 heavy (non-hydrogen) atoms. The lowest BCUT2D eigenvalue weighted by atomic mass is 9.95. The lowest BCUT2D eigenvalue weighted by Gasteiger charge is -2.28. The maximum Gasteiger partial charge on any atom is 0.411 e. The van der Waals surface area contributed by atoms with Gasteiger partial charge in [-0.2, -0.15) is 0 Å². The van der Waals surface area contributed by atoms with E-state index in [1.165, 1.54) is 7.11 Å². The second kappa shape index (κ2) is 9.97. The molecule has 1 aliphatic heterocycles. The van der Waals surface area contributed by atoms with Crippen LogP contribution in [0.4, 0.5) is 10.5 Å². The highest BCUT2D eigenvalue weighted by Crippen LogP contribution is 2.29. The molecule has 0 fully saturated rings. The van der Waals surface area contributed by atoms with Crippen LogP contribution in [0.15, 0.2) is 47.5 Å². The number of nitrogens with one attached hydrogen (secondary N) is 2. The molecule has 8 nitrogen and oxygen atoms in total. The summed E-state index contributed by atoms with van der Waals surface area (Å²) in [4.78, 5) is 28.8. The third-order valence-electron chi connectivity index (χ3n) is 5.15. The molecular weight excluding hydrogens is 398 g/mol. The number of ether oxygens (including phenoxy) is 3. The number of benzene rings is 2. The Morgan fingerprint density at radius 3 is 2.39 bits per heavy atom. The largest absolute Gasteiger partial charge is 0.493 e. The van der Waals surface area contributed by atoms with Crippen LogP contribution in [0.3, 0.4) is 0 Å². The normalized spacial score (nSPS) is 17.9. The molecule has 0 radical (unpaired) electrons. The number of methoxy groups -OCH3 is 3. The predicted molar refractivity (Wildman–Crippen MR) is 118 cm³/mol. The lowest BCUT2D eigenvalue weighted by Crippen LogP contribution is -2.50. The lowest BCUT2D eigenvalue weighted by molar-refractivity contribution is -0.123. The SMILES string of the molecule is CCC1NC(=O)C(Cc2ccc(NC(=O)OC)cc2)N=C1c1ccc(OC)c(OC)c1. The van der Waals surface area contributed by atoms with Gasteiger partial charge in [-0.1, -0.05) is 19.1 Å². The Labute approximate surface area is 181 Å². The van der Waals surface area contributed by atoms with Crippen molar-refractivity contribution in [1.29, 1.82) is 0 Å². The van der Waals surface area contributed by atoms with E-state index in [0.29, 0.717) is 23.6 Å². The second-order valence-electron chi connectivity index (χ2n) is 7.09. The molecule has 2 unspecified atom stereocenters. The molecule has 164 valence electrons. The first-order valence-corrected chi connectivity index (χ1v) is 10.0. The molecule has 2 aromatic rings. The van der Waals surface area contributed by atoms with Gasteiger partial charge in [0.1, 0.15) is 6.04 Å². The van der Waals surface area contributed by atoms with Crippen molar-refractivity contribution in [3.63, 3.8) is 0 Å². The van der Waals surface area contributed by atoms with Crippen LogP contribution in [0.2, 0.25) is 0 Å². The molecule has 8 heteroatoms. The van der Waals surface area contributed by atoms with Crippen molar-refractivity contribution < 1.29 is 23.8 Å². The number of hydrogen-bond donors (Lipinski definition) is 2. The van der Waals surface area contributed by atoms with Crippen LogP contribution in [-0.4, -0.2) is 51.1 Å². The van der Waals surface area contributed by atoms with Crippen LogP contribution in [0, 0.1) is 0 Å². The third kappa shape index (κ3) is 5.14. The Balaban J connectivity index is 1.85. The Morgan fingerprint density at radius 1 is 1.06 bits per heavy atom. The van der Waals surface area contributed by atoms with Gasteiger partial charge in [0.15, 0.2) is 11.5 Å². The van der Waals surface area contributed by atoms with Crippen LogP contribution in [0.1, 0.15) is 24.5 Å². The van der Waals surface area contributed by atoms with Crippen LogP contribution >= 0.6 is 0 Å². The molecule has 0 saturated heterocycles. The highest BCUT2D eigenvalue weighted by atomic mass is 16.5. The Hall–Kier alpha value is -3.55. The van der Waals surface area contributed by atoms with E-state index in [2.05, 4.69) is 15.4 Å². The van der Waals surface area contributed by atoms with E-state index in [1.807, 2.05) is 37.3 Å². The van der Waals surface area contributed by atoms with E-state index in [1.54, 1.807) is 26.4 Å². The summed E-state index contributed by atoms with van der Waals surface area (Å²) < 4.78 is 15.3. The van der Waals surface area contributed by atoms with Gasteiger partial charge in [0.25, 0.3) is 0 Å². The van der Waals surface area contributed by atoms with Gasteiger partial charge in [0.2, 0.25) is 5.91 Å². The Bertz CT molecular complexity index is 972. The minimum atomic E-state index is -0.551. The van der Waals surface area contributed by atoms with Crippen LogP contribution in [-0.2, 0) is 16.0 Å². The van der Waals surface area contributed by atoms with E-state index >= 15 is 0 Å². The van der Waals surface area contributed by atoms with Crippen molar-refractivity contribution in [3.05, 3.63) is 53.6 Å². The fourth-order valence-corrected chi connectivity index (χ4v) is 3.47. The number of rotatable bonds is 7.